The Kier molecular flexibility index (Phi) is 3.47. The molecule has 1 atom stereocenters. The van der Waals surface area contributed by atoms with Gasteiger partial charge in [-0.1, -0.05) is 6.07 Å². The van der Waals surface area contributed by atoms with Crippen molar-refractivity contribution in [2.75, 3.05) is 0 Å². The number of fused-ring (bicyclic) bond motifs is 1. The van der Waals surface area contributed by atoms with Gasteiger partial charge < -0.3 is 15.3 Å². The minimum absolute atomic E-state index is 0.110. The number of carboxylic acids is 1. The van der Waals surface area contributed by atoms with E-state index >= 15 is 0 Å². The van der Waals surface area contributed by atoms with Crippen LogP contribution in [-0.2, 0) is 4.79 Å². The van der Waals surface area contributed by atoms with E-state index in [4.69, 9.17) is 15.3 Å². The zero-order valence-electron chi connectivity index (χ0n) is 9.68. The van der Waals surface area contributed by atoms with Crippen LogP contribution in [0.3, 0.4) is 0 Å². The van der Waals surface area contributed by atoms with E-state index in [1.165, 1.54) is 0 Å². The fraction of sp³-hybridized carbons (Fsp3) is 0.333. The molecule has 0 fully saturated rings. The van der Waals surface area contributed by atoms with Crippen LogP contribution < -0.4 is 11.5 Å². The molecular weight excluding hydrogens is 236 g/mol. The maximum Gasteiger partial charge on any atom is 0.417 e. The molecule has 0 radical (unpaired) electrons. The summed E-state index contributed by atoms with van der Waals surface area (Å²) in [6, 6.07) is 4.97. The Hall–Kier alpha value is -2.08. The molecule has 0 bridgehead atoms. The third kappa shape index (κ3) is 2.78. The minimum Gasteiger partial charge on any atom is -0.481 e. The Morgan fingerprint density at radius 2 is 2.28 bits per heavy atom. The number of aromatic amines is 1. The van der Waals surface area contributed by atoms with Crippen LogP contribution in [0, 0.1) is 0 Å². The van der Waals surface area contributed by atoms with Crippen molar-refractivity contribution >= 4 is 17.1 Å². The first-order chi connectivity index (χ1) is 8.56. The number of aliphatic carboxylic acids is 1. The van der Waals surface area contributed by atoms with Gasteiger partial charge in [0.2, 0.25) is 0 Å². The first-order valence-corrected chi connectivity index (χ1v) is 5.66. The molecule has 1 aromatic carbocycles. The third-order valence-corrected chi connectivity index (χ3v) is 2.78. The fourth-order valence-electron chi connectivity index (χ4n) is 1.84. The van der Waals surface area contributed by atoms with Crippen LogP contribution >= 0.6 is 0 Å². The van der Waals surface area contributed by atoms with Crippen LogP contribution in [0.5, 0.6) is 0 Å². The largest absolute Gasteiger partial charge is 0.481 e. The van der Waals surface area contributed by atoms with E-state index in [2.05, 4.69) is 4.98 Å². The van der Waals surface area contributed by atoms with Crippen LogP contribution in [0.1, 0.15) is 30.9 Å². The van der Waals surface area contributed by atoms with Crippen molar-refractivity contribution in [3.8, 4) is 0 Å². The Bertz CT molecular complexity index is 614. The molecule has 1 heterocycles. The van der Waals surface area contributed by atoms with E-state index in [0.717, 1.165) is 5.56 Å². The van der Waals surface area contributed by atoms with Crippen molar-refractivity contribution in [2.24, 2.45) is 5.73 Å². The molecule has 2 aromatic rings. The summed E-state index contributed by atoms with van der Waals surface area (Å²) in [6.07, 6.45) is 1.22. The first-order valence-electron chi connectivity index (χ1n) is 5.66. The number of hydrogen-bond donors (Lipinski definition) is 3. The maximum absolute atomic E-state index is 11.0. The lowest BCUT2D eigenvalue weighted by molar-refractivity contribution is -0.137. The van der Waals surface area contributed by atoms with E-state index in [1.54, 1.807) is 18.2 Å². The van der Waals surface area contributed by atoms with Gasteiger partial charge in [0, 0.05) is 12.5 Å². The number of H-pyrrole nitrogens is 1. The monoisotopic (exact) mass is 250 g/mol. The molecule has 6 nitrogen and oxygen atoms in total. The molecule has 0 saturated heterocycles. The fourth-order valence-corrected chi connectivity index (χ4v) is 1.84. The number of carboxylic acid groups (broad SMARTS) is 1. The number of carbonyl (C=O) groups is 1. The lowest BCUT2D eigenvalue weighted by Gasteiger charge is -2.10. The van der Waals surface area contributed by atoms with E-state index in [1.807, 2.05) is 0 Å². The van der Waals surface area contributed by atoms with Crippen molar-refractivity contribution in [3.63, 3.8) is 0 Å². The van der Waals surface area contributed by atoms with Gasteiger partial charge in [-0.05, 0) is 30.5 Å². The summed E-state index contributed by atoms with van der Waals surface area (Å²) in [5.74, 6) is -1.32. The molecule has 0 aliphatic carbocycles. The highest BCUT2D eigenvalue weighted by atomic mass is 16.4. The summed E-state index contributed by atoms with van der Waals surface area (Å²) in [5, 5.41) is 8.55. The molecule has 6 heteroatoms. The van der Waals surface area contributed by atoms with Crippen molar-refractivity contribution in [1.29, 1.82) is 0 Å². The van der Waals surface area contributed by atoms with Gasteiger partial charge in [0.05, 0.1) is 5.52 Å². The van der Waals surface area contributed by atoms with E-state index in [9.17, 15) is 9.59 Å². The number of nitrogens with two attached hydrogens (primary N) is 1. The number of nitrogens with one attached hydrogen (secondary N) is 1. The van der Waals surface area contributed by atoms with E-state index in [0.29, 0.717) is 23.9 Å². The quantitative estimate of drug-likeness (QED) is 0.742. The highest BCUT2D eigenvalue weighted by Crippen LogP contribution is 2.20. The standard InChI is InChI=1S/C12H14N2O4/c13-8(2-1-3-11(15)16)7-4-5-10-9(6-7)14-12(17)18-10/h4-6,8H,1-3,13H2,(H,14,17)(H,15,16). The van der Waals surface area contributed by atoms with Crippen molar-refractivity contribution in [3.05, 3.63) is 34.3 Å². The summed E-state index contributed by atoms with van der Waals surface area (Å²) < 4.78 is 4.89. The van der Waals surface area contributed by atoms with Gasteiger partial charge in [-0.15, -0.1) is 0 Å². The average Bonchev–Trinajstić information content (AvgIpc) is 2.67. The zero-order chi connectivity index (χ0) is 13.1. The van der Waals surface area contributed by atoms with Gasteiger partial charge in [0.15, 0.2) is 5.58 Å². The molecule has 18 heavy (non-hydrogen) atoms. The number of hydrogen-bond acceptors (Lipinski definition) is 4. The Morgan fingerprint density at radius 1 is 1.50 bits per heavy atom. The SMILES string of the molecule is NC(CCCC(=O)O)c1ccc2oc(=O)[nH]c2c1. The molecule has 0 aliphatic heterocycles. The predicted octanol–water partition coefficient (Wildman–Crippen LogP) is 1.38. The minimum atomic E-state index is -0.822. The van der Waals surface area contributed by atoms with Gasteiger partial charge in [-0.25, -0.2) is 4.79 Å². The van der Waals surface area contributed by atoms with Crippen LogP contribution in [-0.4, -0.2) is 16.1 Å². The summed E-state index contributed by atoms with van der Waals surface area (Å²) >= 11 is 0. The smallest absolute Gasteiger partial charge is 0.417 e. The number of rotatable bonds is 5. The van der Waals surface area contributed by atoms with Gasteiger partial charge >= 0.3 is 11.7 Å². The molecule has 0 aliphatic rings. The van der Waals surface area contributed by atoms with Crippen LogP contribution in [0.15, 0.2) is 27.4 Å². The third-order valence-electron chi connectivity index (χ3n) is 2.78. The highest BCUT2D eigenvalue weighted by Gasteiger charge is 2.09. The van der Waals surface area contributed by atoms with E-state index in [-0.39, 0.29) is 12.5 Å². The van der Waals surface area contributed by atoms with Crippen molar-refractivity contribution < 1.29 is 14.3 Å². The molecule has 96 valence electrons. The molecule has 1 unspecified atom stereocenters. The van der Waals surface area contributed by atoms with Crippen molar-refractivity contribution in [2.45, 2.75) is 25.3 Å². The second kappa shape index (κ2) is 5.05. The van der Waals surface area contributed by atoms with Crippen LogP contribution in [0.25, 0.3) is 11.1 Å². The van der Waals surface area contributed by atoms with Gasteiger partial charge in [-0.2, -0.15) is 0 Å². The van der Waals surface area contributed by atoms with Crippen molar-refractivity contribution in [1.82, 2.24) is 4.98 Å². The highest BCUT2D eigenvalue weighted by molar-refractivity contribution is 5.72. The second-order valence-corrected chi connectivity index (χ2v) is 4.16. The predicted molar refractivity (Wildman–Crippen MR) is 65.2 cm³/mol. The van der Waals surface area contributed by atoms with Gasteiger partial charge in [-0.3, -0.25) is 9.78 Å². The number of aromatic nitrogens is 1. The molecule has 0 amide bonds. The lowest BCUT2D eigenvalue weighted by Crippen LogP contribution is -2.10. The van der Waals surface area contributed by atoms with Crippen LogP contribution in [0.4, 0.5) is 0 Å². The van der Waals surface area contributed by atoms with Gasteiger partial charge in [0.25, 0.3) is 0 Å². The summed E-state index contributed by atoms with van der Waals surface area (Å²) in [6.45, 7) is 0. The van der Waals surface area contributed by atoms with Crippen LogP contribution in [0.2, 0.25) is 0 Å². The molecule has 0 saturated carbocycles. The summed E-state index contributed by atoms with van der Waals surface area (Å²) in [7, 11) is 0. The number of oxazole rings is 1. The molecule has 0 spiro atoms. The topological polar surface area (TPSA) is 109 Å². The average molecular weight is 250 g/mol. The molecule has 1 aromatic heterocycles. The first kappa shape index (κ1) is 12.4. The lowest BCUT2D eigenvalue weighted by atomic mass is 10.0. The summed E-state index contributed by atoms with van der Waals surface area (Å²) in [4.78, 5) is 24.0. The zero-order valence-corrected chi connectivity index (χ0v) is 9.68. The summed E-state index contributed by atoms with van der Waals surface area (Å²) in [5.41, 5.74) is 7.91. The van der Waals surface area contributed by atoms with Gasteiger partial charge in [0.1, 0.15) is 0 Å². The maximum atomic E-state index is 11.0. The Labute approximate surface area is 102 Å². The second-order valence-electron chi connectivity index (χ2n) is 4.16. The van der Waals surface area contributed by atoms with E-state index < -0.39 is 11.7 Å². The Balaban J connectivity index is 2.09. The Morgan fingerprint density at radius 3 is 3.00 bits per heavy atom. The normalized spacial score (nSPS) is 12.7. The molecular formula is C12H14N2O4. The number of benzene rings is 1. The molecule has 2 rings (SSSR count). The molecule has 4 N–H and O–H groups in total.